The van der Waals surface area contributed by atoms with Gasteiger partial charge in [-0.05, 0) is 36.0 Å². The maximum absolute atomic E-state index is 11.6. The smallest absolute Gasteiger partial charge is 0.224 e. The molecule has 1 fully saturated rings. The van der Waals surface area contributed by atoms with E-state index >= 15 is 0 Å². The topological polar surface area (TPSA) is 55.1 Å². The Labute approximate surface area is 96.0 Å². The van der Waals surface area contributed by atoms with Crippen molar-refractivity contribution in [3.05, 3.63) is 29.8 Å². The van der Waals surface area contributed by atoms with Crippen LogP contribution >= 0.6 is 0 Å². The first-order valence-corrected chi connectivity index (χ1v) is 5.69. The number of carbonyl (C=O) groups is 1. The first kappa shape index (κ1) is 11.0. The largest absolute Gasteiger partial charge is 0.399 e. The van der Waals surface area contributed by atoms with Crippen LogP contribution in [0.15, 0.2) is 24.3 Å². The van der Waals surface area contributed by atoms with Gasteiger partial charge in [-0.3, -0.25) is 4.79 Å². The van der Waals surface area contributed by atoms with Gasteiger partial charge in [0, 0.05) is 12.2 Å². The number of carbonyl (C=O) groups excluding carboxylic acids is 1. The summed E-state index contributed by atoms with van der Waals surface area (Å²) in [5, 5.41) is 2.98. The van der Waals surface area contributed by atoms with E-state index in [1.54, 1.807) is 0 Å². The molecular formula is C13H18N2O. The van der Waals surface area contributed by atoms with Crippen LogP contribution in [0, 0.1) is 5.41 Å². The van der Waals surface area contributed by atoms with Gasteiger partial charge in [0.2, 0.25) is 5.91 Å². The number of rotatable bonds is 4. The summed E-state index contributed by atoms with van der Waals surface area (Å²) in [7, 11) is 0. The molecule has 0 bridgehead atoms. The van der Waals surface area contributed by atoms with Gasteiger partial charge in [0.25, 0.3) is 0 Å². The Morgan fingerprint density at radius 1 is 1.38 bits per heavy atom. The van der Waals surface area contributed by atoms with E-state index in [1.165, 1.54) is 12.8 Å². The Morgan fingerprint density at radius 3 is 2.56 bits per heavy atom. The van der Waals surface area contributed by atoms with E-state index in [0.29, 0.717) is 11.8 Å². The minimum Gasteiger partial charge on any atom is -0.399 e. The Morgan fingerprint density at radius 2 is 2.00 bits per heavy atom. The van der Waals surface area contributed by atoms with Crippen molar-refractivity contribution < 1.29 is 4.79 Å². The summed E-state index contributed by atoms with van der Waals surface area (Å²) in [6, 6.07) is 7.44. The van der Waals surface area contributed by atoms with Crippen molar-refractivity contribution in [3.63, 3.8) is 0 Å². The zero-order valence-electron chi connectivity index (χ0n) is 9.62. The molecule has 0 radical (unpaired) electrons. The van der Waals surface area contributed by atoms with Gasteiger partial charge in [-0.2, -0.15) is 0 Å². The van der Waals surface area contributed by atoms with Crippen LogP contribution in [0.4, 0.5) is 5.69 Å². The molecular weight excluding hydrogens is 200 g/mol. The molecule has 86 valence electrons. The van der Waals surface area contributed by atoms with Crippen LogP contribution in [0.5, 0.6) is 0 Å². The maximum Gasteiger partial charge on any atom is 0.224 e. The first-order chi connectivity index (χ1) is 7.57. The van der Waals surface area contributed by atoms with Crippen molar-refractivity contribution in [1.29, 1.82) is 0 Å². The summed E-state index contributed by atoms with van der Waals surface area (Å²) in [5.74, 6) is 0.0953. The van der Waals surface area contributed by atoms with Crippen molar-refractivity contribution in [2.45, 2.75) is 26.2 Å². The summed E-state index contributed by atoms with van der Waals surface area (Å²) in [6.07, 6.45) is 2.90. The lowest BCUT2D eigenvalue weighted by Gasteiger charge is -2.10. The Balaban J connectivity index is 1.80. The van der Waals surface area contributed by atoms with E-state index in [0.717, 1.165) is 17.8 Å². The third-order valence-corrected chi connectivity index (χ3v) is 3.16. The minimum absolute atomic E-state index is 0.0953. The van der Waals surface area contributed by atoms with Gasteiger partial charge < -0.3 is 11.1 Å². The molecule has 0 atom stereocenters. The van der Waals surface area contributed by atoms with E-state index in [-0.39, 0.29) is 5.91 Å². The highest BCUT2D eigenvalue weighted by molar-refractivity contribution is 5.78. The van der Waals surface area contributed by atoms with Crippen LogP contribution in [-0.4, -0.2) is 12.5 Å². The number of nitrogens with two attached hydrogens (primary N) is 1. The van der Waals surface area contributed by atoms with E-state index in [9.17, 15) is 4.79 Å². The van der Waals surface area contributed by atoms with E-state index in [1.807, 2.05) is 24.3 Å². The lowest BCUT2D eigenvalue weighted by Crippen LogP contribution is -2.30. The predicted octanol–water partition coefficient (Wildman–Crippen LogP) is 1.73. The van der Waals surface area contributed by atoms with Crippen LogP contribution < -0.4 is 11.1 Å². The average molecular weight is 218 g/mol. The predicted molar refractivity (Wildman–Crippen MR) is 64.9 cm³/mol. The molecule has 3 N–H and O–H groups in total. The molecule has 0 heterocycles. The SMILES string of the molecule is CC1(CNC(=O)Cc2ccc(N)cc2)CC1. The molecule has 1 aliphatic carbocycles. The van der Waals surface area contributed by atoms with Crippen LogP contribution in [0.25, 0.3) is 0 Å². The highest BCUT2D eigenvalue weighted by Crippen LogP contribution is 2.43. The molecule has 0 aliphatic heterocycles. The maximum atomic E-state index is 11.6. The standard InChI is InChI=1S/C13H18N2O/c1-13(6-7-13)9-15-12(16)8-10-2-4-11(14)5-3-10/h2-5H,6-9,14H2,1H3,(H,15,16). The van der Waals surface area contributed by atoms with Gasteiger partial charge >= 0.3 is 0 Å². The second kappa shape index (κ2) is 4.16. The first-order valence-electron chi connectivity index (χ1n) is 5.69. The van der Waals surface area contributed by atoms with Gasteiger partial charge in [-0.1, -0.05) is 19.1 Å². The van der Waals surface area contributed by atoms with Crippen molar-refractivity contribution in [3.8, 4) is 0 Å². The van der Waals surface area contributed by atoms with Gasteiger partial charge in [0.1, 0.15) is 0 Å². The van der Waals surface area contributed by atoms with Gasteiger partial charge in [-0.25, -0.2) is 0 Å². The summed E-state index contributed by atoms with van der Waals surface area (Å²) in [6.45, 7) is 3.01. The molecule has 2 rings (SSSR count). The lowest BCUT2D eigenvalue weighted by atomic mass is 10.1. The molecule has 1 aromatic rings. The fourth-order valence-corrected chi connectivity index (χ4v) is 1.59. The average Bonchev–Trinajstić information content (AvgIpc) is 2.98. The molecule has 0 saturated heterocycles. The van der Waals surface area contributed by atoms with E-state index in [2.05, 4.69) is 12.2 Å². The van der Waals surface area contributed by atoms with Crippen LogP contribution in [-0.2, 0) is 11.2 Å². The number of anilines is 1. The summed E-state index contributed by atoms with van der Waals surface area (Å²) < 4.78 is 0. The normalized spacial score (nSPS) is 16.8. The van der Waals surface area contributed by atoms with Crippen molar-refractivity contribution in [2.24, 2.45) is 5.41 Å². The Hall–Kier alpha value is -1.51. The number of nitrogen functional groups attached to an aromatic ring is 1. The fraction of sp³-hybridized carbons (Fsp3) is 0.462. The molecule has 1 aliphatic rings. The van der Waals surface area contributed by atoms with Crippen LogP contribution in [0.1, 0.15) is 25.3 Å². The third kappa shape index (κ3) is 2.99. The number of hydrogen-bond acceptors (Lipinski definition) is 2. The summed E-state index contributed by atoms with van der Waals surface area (Å²) >= 11 is 0. The zero-order valence-corrected chi connectivity index (χ0v) is 9.62. The minimum atomic E-state index is 0.0953. The van der Waals surface area contributed by atoms with Crippen molar-refractivity contribution >= 4 is 11.6 Å². The Bertz CT molecular complexity index is 379. The zero-order chi connectivity index (χ0) is 11.6. The van der Waals surface area contributed by atoms with E-state index in [4.69, 9.17) is 5.73 Å². The van der Waals surface area contributed by atoms with Gasteiger partial charge in [0.05, 0.1) is 6.42 Å². The van der Waals surface area contributed by atoms with E-state index < -0.39 is 0 Å². The van der Waals surface area contributed by atoms with Crippen LogP contribution in [0.2, 0.25) is 0 Å². The molecule has 3 heteroatoms. The van der Waals surface area contributed by atoms with Gasteiger partial charge in [0.15, 0.2) is 0 Å². The number of hydrogen-bond donors (Lipinski definition) is 2. The highest BCUT2D eigenvalue weighted by Gasteiger charge is 2.37. The number of amides is 1. The molecule has 3 nitrogen and oxygen atoms in total. The fourth-order valence-electron chi connectivity index (χ4n) is 1.59. The van der Waals surface area contributed by atoms with Crippen molar-refractivity contribution in [1.82, 2.24) is 5.32 Å². The second-order valence-corrected chi connectivity index (χ2v) is 5.01. The molecule has 1 amide bonds. The quantitative estimate of drug-likeness (QED) is 0.756. The molecule has 0 spiro atoms. The monoisotopic (exact) mass is 218 g/mol. The second-order valence-electron chi connectivity index (χ2n) is 5.01. The third-order valence-electron chi connectivity index (χ3n) is 3.16. The summed E-state index contributed by atoms with van der Waals surface area (Å²) in [4.78, 5) is 11.6. The molecule has 0 unspecified atom stereocenters. The van der Waals surface area contributed by atoms with Crippen LogP contribution in [0.3, 0.4) is 0 Å². The molecule has 16 heavy (non-hydrogen) atoms. The Kier molecular flexibility index (Phi) is 2.86. The molecule has 1 saturated carbocycles. The number of benzene rings is 1. The summed E-state index contributed by atoms with van der Waals surface area (Å²) in [5.41, 5.74) is 7.69. The molecule has 1 aromatic carbocycles. The number of nitrogens with one attached hydrogen (secondary N) is 1. The molecule has 0 aromatic heterocycles. The van der Waals surface area contributed by atoms with Crippen molar-refractivity contribution in [2.75, 3.05) is 12.3 Å². The highest BCUT2D eigenvalue weighted by atomic mass is 16.1. The van der Waals surface area contributed by atoms with Gasteiger partial charge in [-0.15, -0.1) is 0 Å². The lowest BCUT2D eigenvalue weighted by molar-refractivity contribution is -0.120.